The van der Waals surface area contributed by atoms with Crippen molar-refractivity contribution in [2.24, 2.45) is 0 Å². The van der Waals surface area contributed by atoms with Gasteiger partial charge in [-0.05, 0) is 16.8 Å². The van der Waals surface area contributed by atoms with E-state index in [4.69, 9.17) is 5.11 Å². The minimum absolute atomic E-state index is 0.400. The van der Waals surface area contributed by atoms with Crippen LogP contribution in [-0.4, -0.2) is 11.2 Å². The molecule has 0 aliphatic rings. The Hall–Kier alpha value is 0.250. The zero-order valence-electron chi connectivity index (χ0n) is 6.23. The van der Waals surface area contributed by atoms with Crippen LogP contribution in [-0.2, 0) is 0 Å². The molecule has 1 atom stereocenters. The van der Waals surface area contributed by atoms with Crippen LogP contribution in [0.1, 0.15) is 32.6 Å². The summed E-state index contributed by atoms with van der Waals surface area (Å²) in [5.74, 6) is 2.70. The smallest absolute Gasteiger partial charge is 0.115 e. The van der Waals surface area contributed by atoms with E-state index in [1.54, 1.807) is 0 Å². The normalized spacial score (nSPS) is 11.9. The van der Waals surface area contributed by atoms with Crippen molar-refractivity contribution in [1.29, 1.82) is 0 Å². The van der Waals surface area contributed by atoms with Gasteiger partial charge < -0.3 is 5.11 Å². The van der Waals surface area contributed by atoms with Gasteiger partial charge >= 0.3 is 0 Å². The molecule has 0 aromatic heterocycles. The van der Waals surface area contributed by atoms with Crippen LogP contribution >= 0.6 is 22.6 Å². The first-order valence-electron chi connectivity index (χ1n) is 3.60. The molecule has 1 nitrogen and oxygen atoms in total. The van der Waals surface area contributed by atoms with Gasteiger partial charge in [-0.2, -0.15) is 0 Å². The molecule has 0 aromatic carbocycles. The minimum Gasteiger partial charge on any atom is -0.380 e. The molecule has 1 N–H and O–H groups in total. The lowest BCUT2D eigenvalue weighted by atomic mass is 10.1. The maximum atomic E-state index is 9.10. The molecule has 0 bridgehead atoms. The number of hydrogen-bond donors (Lipinski definition) is 1. The summed E-state index contributed by atoms with van der Waals surface area (Å²) in [7, 11) is 0. The van der Waals surface area contributed by atoms with E-state index in [1.165, 1.54) is 12.8 Å². The van der Waals surface area contributed by atoms with E-state index >= 15 is 0 Å². The molecule has 0 aliphatic heterocycles. The van der Waals surface area contributed by atoms with Gasteiger partial charge in [-0.3, -0.25) is 0 Å². The molecule has 0 aromatic rings. The molecule has 1 unspecified atom stereocenters. The van der Waals surface area contributed by atoms with Crippen molar-refractivity contribution < 1.29 is 5.11 Å². The third-order valence-electron chi connectivity index (χ3n) is 1.30. The van der Waals surface area contributed by atoms with Crippen LogP contribution in [0.3, 0.4) is 0 Å². The van der Waals surface area contributed by atoms with Gasteiger partial charge in [0.05, 0.1) is 0 Å². The molecule has 0 spiro atoms. The highest BCUT2D eigenvalue weighted by Crippen LogP contribution is 2.02. The Morgan fingerprint density at radius 1 is 1.50 bits per heavy atom. The van der Waals surface area contributed by atoms with E-state index < -0.39 is 6.10 Å². The zero-order chi connectivity index (χ0) is 7.82. The van der Waals surface area contributed by atoms with E-state index in [0.717, 1.165) is 12.8 Å². The maximum absolute atomic E-state index is 9.10. The Labute approximate surface area is 76.3 Å². The predicted octanol–water partition coefficient (Wildman–Crippen LogP) is 2.32. The number of halogens is 1. The summed E-state index contributed by atoms with van der Waals surface area (Å²) in [6, 6.07) is 0. The van der Waals surface area contributed by atoms with Crippen molar-refractivity contribution in [3.8, 4) is 9.85 Å². The average Bonchev–Trinajstić information content (AvgIpc) is 1.89. The quantitative estimate of drug-likeness (QED) is 0.462. The molecule has 0 rings (SSSR count). The van der Waals surface area contributed by atoms with Gasteiger partial charge in [0.2, 0.25) is 0 Å². The van der Waals surface area contributed by atoms with E-state index in [2.05, 4.69) is 16.8 Å². The summed E-state index contributed by atoms with van der Waals surface area (Å²) >= 11 is 1.94. The van der Waals surface area contributed by atoms with Gasteiger partial charge in [-0.25, -0.2) is 0 Å². The minimum atomic E-state index is -0.400. The fourth-order valence-corrected chi connectivity index (χ4v) is 1.08. The highest BCUT2D eigenvalue weighted by atomic mass is 127. The molecule has 0 saturated heterocycles. The molecule has 0 aliphatic carbocycles. The Morgan fingerprint density at radius 2 is 2.20 bits per heavy atom. The van der Waals surface area contributed by atoms with Gasteiger partial charge in [0, 0.05) is 22.6 Å². The topological polar surface area (TPSA) is 20.2 Å². The standard InChI is InChI=1S/C8H13IO/c1-2-3-4-5-8(10)6-7-9/h8,10H,2-5H2,1H3. The fourth-order valence-electron chi connectivity index (χ4n) is 0.723. The summed E-state index contributed by atoms with van der Waals surface area (Å²) < 4.78 is 2.66. The monoisotopic (exact) mass is 252 g/mol. The van der Waals surface area contributed by atoms with Crippen LogP contribution in [0.2, 0.25) is 0 Å². The first-order valence-corrected chi connectivity index (χ1v) is 4.68. The maximum Gasteiger partial charge on any atom is 0.115 e. The van der Waals surface area contributed by atoms with Crippen molar-refractivity contribution in [2.75, 3.05) is 0 Å². The average molecular weight is 252 g/mol. The molecule has 0 heterocycles. The lowest BCUT2D eigenvalue weighted by Crippen LogP contribution is -2.01. The summed E-state index contributed by atoms with van der Waals surface area (Å²) in [4.78, 5) is 0. The second-order valence-electron chi connectivity index (χ2n) is 2.25. The molecule has 0 saturated carbocycles. The summed E-state index contributed by atoms with van der Waals surface area (Å²) in [6.45, 7) is 2.15. The van der Waals surface area contributed by atoms with Gasteiger partial charge in [-0.15, -0.1) is 0 Å². The Morgan fingerprint density at radius 3 is 2.70 bits per heavy atom. The van der Waals surface area contributed by atoms with Gasteiger partial charge in [0.1, 0.15) is 6.10 Å². The number of rotatable bonds is 4. The second-order valence-corrected chi connectivity index (χ2v) is 2.79. The van der Waals surface area contributed by atoms with E-state index in [1.807, 2.05) is 22.6 Å². The number of unbranched alkanes of at least 4 members (excludes halogenated alkanes) is 2. The number of aliphatic hydroxyl groups is 1. The van der Waals surface area contributed by atoms with Crippen LogP contribution < -0.4 is 0 Å². The second kappa shape index (κ2) is 7.36. The number of aliphatic hydroxyl groups excluding tert-OH is 1. The molecule has 0 amide bonds. The third kappa shape index (κ3) is 6.37. The molecule has 10 heavy (non-hydrogen) atoms. The Bertz CT molecular complexity index is 123. The zero-order valence-corrected chi connectivity index (χ0v) is 8.39. The van der Waals surface area contributed by atoms with Crippen molar-refractivity contribution in [3.63, 3.8) is 0 Å². The first-order chi connectivity index (χ1) is 4.81. The Kier molecular flexibility index (Phi) is 7.54. The highest BCUT2D eigenvalue weighted by Gasteiger charge is 1.96. The summed E-state index contributed by atoms with van der Waals surface area (Å²) in [5, 5.41) is 9.10. The lowest BCUT2D eigenvalue weighted by molar-refractivity contribution is 0.217. The predicted molar refractivity (Wildman–Crippen MR) is 51.9 cm³/mol. The number of hydrogen-bond acceptors (Lipinski definition) is 1. The van der Waals surface area contributed by atoms with Crippen LogP contribution in [0, 0.1) is 9.85 Å². The van der Waals surface area contributed by atoms with Crippen molar-refractivity contribution in [1.82, 2.24) is 0 Å². The van der Waals surface area contributed by atoms with Gasteiger partial charge in [0.25, 0.3) is 0 Å². The van der Waals surface area contributed by atoms with Crippen LogP contribution in [0.5, 0.6) is 0 Å². The summed E-state index contributed by atoms with van der Waals surface area (Å²) in [5.41, 5.74) is 0. The largest absolute Gasteiger partial charge is 0.380 e. The van der Waals surface area contributed by atoms with Crippen molar-refractivity contribution in [3.05, 3.63) is 0 Å². The highest BCUT2D eigenvalue weighted by molar-refractivity contribution is 14.1. The molecule has 0 fully saturated rings. The lowest BCUT2D eigenvalue weighted by Gasteiger charge is -1.99. The first kappa shape index (κ1) is 10.2. The van der Waals surface area contributed by atoms with E-state index in [-0.39, 0.29) is 0 Å². The SMILES string of the molecule is CCCCCC(O)C#CI. The van der Waals surface area contributed by atoms with Crippen molar-refractivity contribution in [2.45, 2.75) is 38.7 Å². The molecular formula is C8H13IO. The molecular weight excluding hydrogens is 239 g/mol. The molecule has 0 radical (unpaired) electrons. The van der Waals surface area contributed by atoms with Crippen LogP contribution in [0.15, 0.2) is 0 Å². The third-order valence-corrected chi connectivity index (χ3v) is 1.61. The van der Waals surface area contributed by atoms with E-state index in [0.29, 0.717) is 0 Å². The van der Waals surface area contributed by atoms with Crippen LogP contribution in [0.4, 0.5) is 0 Å². The van der Waals surface area contributed by atoms with Gasteiger partial charge in [-0.1, -0.05) is 25.7 Å². The van der Waals surface area contributed by atoms with Crippen molar-refractivity contribution >= 4 is 22.6 Å². The van der Waals surface area contributed by atoms with E-state index in [9.17, 15) is 0 Å². The summed E-state index contributed by atoms with van der Waals surface area (Å²) in [6.07, 6.45) is 3.90. The van der Waals surface area contributed by atoms with Gasteiger partial charge in [0.15, 0.2) is 0 Å². The Balaban J connectivity index is 3.18. The fraction of sp³-hybridized carbons (Fsp3) is 0.750. The molecule has 58 valence electrons. The molecule has 2 heteroatoms. The van der Waals surface area contributed by atoms with Crippen LogP contribution in [0.25, 0.3) is 0 Å².